The largest absolute Gasteiger partial charge is 0.443 e. The van der Waals surface area contributed by atoms with E-state index in [1.807, 2.05) is 4.90 Å². The van der Waals surface area contributed by atoms with Crippen molar-refractivity contribution < 1.29 is 28.5 Å². The number of morpholine rings is 1. The minimum atomic E-state index is -0.317. The molecular weight excluding hydrogens is 484 g/mol. The minimum Gasteiger partial charge on any atom is -0.443 e. The molecule has 0 aromatic rings. The van der Waals surface area contributed by atoms with Gasteiger partial charge in [0.1, 0.15) is 23.4 Å². The minimum absolute atomic E-state index is 0.0535. The standard InChI is InChI=1S/C30H50N2O6/c1-7-8-23-18-35-17-21(4)32(23)14-12-22-15-31(16-22)28(33)37-24-11-13-30(19-36-30)27(26(24)34-6)29(5)25(38-29)10-9-20(2)3/h9,21-27H,7-8,10-19H2,1-6H3/t21?,23?,24-,25-,26-,27-,29+,30+/m1/s1. The lowest BCUT2D eigenvalue weighted by Crippen LogP contribution is -2.58. The Hall–Kier alpha value is -1.19. The maximum atomic E-state index is 13.1. The summed E-state index contributed by atoms with van der Waals surface area (Å²) in [5, 5.41) is 0. The number of likely N-dealkylation sites (tertiary alicyclic amines) is 1. The lowest BCUT2D eigenvalue weighted by molar-refractivity contribution is -0.124. The molecule has 216 valence electrons. The number of methoxy groups -OCH3 is 1. The summed E-state index contributed by atoms with van der Waals surface area (Å²) < 4.78 is 30.3. The number of ether oxygens (including phenoxy) is 5. The van der Waals surface area contributed by atoms with Crippen LogP contribution < -0.4 is 0 Å². The monoisotopic (exact) mass is 534 g/mol. The second-order valence-electron chi connectivity index (χ2n) is 12.9. The van der Waals surface area contributed by atoms with Gasteiger partial charge < -0.3 is 28.6 Å². The lowest BCUT2D eigenvalue weighted by atomic mass is 9.68. The van der Waals surface area contributed by atoms with Crippen LogP contribution in [0.1, 0.15) is 73.1 Å². The van der Waals surface area contributed by atoms with Crippen LogP contribution in [0.15, 0.2) is 11.6 Å². The van der Waals surface area contributed by atoms with Gasteiger partial charge in [-0.05, 0) is 72.3 Å². The Kier molecular flexibility index (Phi) is 8.47. The molecule has 8 atom stereocenters. The van der Waals surface area contributed by atoms with Crippen molar-refractivity contribution in [3.63, 3.8) is 0 Å². The van der Waals surface area contributed by atoms with Crippen molar-refractivity contribution in [3.8, 4) is 0 Å². The Morgan fingerprint density at radius 2 is 1.95 bits per heavy atom. The molecule has 38 heavy (non-hydrogen) atoms. The Morgan fingerprint density at radius 3 is 2.61 bits per heavy atom. The van der Waals surface area contributed by atoms with E-state index in [4.69, 9.17) is 23.7 Å². The summed E-state index contributed by atoms with van der Waals surface area (Å²) in [5.74, 6) is 0.591. The molecule has 0 N–H and O–H groups in total. The molecule has 1 spiro atoms. The number of carbonyl (C=O) groups excluding carboxylic acids is 1. The number of hydrogen-bond acceptors (Lipinski definition) is 7. The van der Waals surface area contributed by atoms with E-state index in [1.54, 1.807) is 7.11 Å². The summed E-state index contributed by atoms with van der Waals surface area (Å²) in [7, 11) is 1.73. The molecule has 0 radical (unpaired) electrons. The van der Waals surface area contributed by atoms with Gasteiger partial charge in [-0.1, -0.05) is 25.0 Å². The fourth-order valence-electron chi connectivity index (χ4n) is 7.42. The van der Waals surface area contributed by atoms with E-state index >= 15 is 0 Å². The second kappa shape index (κ2) is 11.4. The van der Waals surface area contributed by atoms with Crippen LogP contribution in [0.25, 0.3) is 0 Å². The smallest absolute Gasteiger partial charge is 0.410 e. The molecule has 4 saturated heterocycles. The number of hydrogen-bond donors (Lipinski definition) is 0. The average Bonchev–Trinajstić information content (AvgIpc) is 3.76. The van der Waals surface area contributed by atoms with E-state index in [0.29, 0.717) is 18.0 Å². The third-order valence-corrected chi connectivity index (χ3v) is 9.83. The summed E-state index contributed by atoms with van der Waals surface area (Å²) in [4.78, 5) is 17.6. The normalized spacial score (nSPS) is 41.1. The highest BCUT2D eigenvalue weighted by molar-refractivity contribution is 5.69. The zero-order valence-corrected chi connectivity index (χ0v) is 24.4. The van der Waals surface area contributed by atoms with Crippen molar-refractivity contribution in [2.75, 3.05) is 46.6 Å². The van der Waals surface area contributed by atoms with Crippen LogP contribution in [-0.2, 0) is 23.7 Å². The molecule has 8 heteroatoms. The van der Waals surface area contributed by atoms with E-state index in [0.717, 1.165) is 65.1 Å². The number of nitrogens with zero attached hydrogens (tertiary/aromatic N) is 2. The molecule has 1 aliphatic carbocycles. The van der Waals surface area contributed by atoms with Crippen molar-refractivity contribution in [1.29, 1.82) is 0 Å². The van der Waals surface area contributed by atoms with E-state index in [-0.39, 0.29) is 41.5 Å². The molecule has 5 rings (SSSR count). The van der Waals surface area contributed by atoms with Crippen molar-refractivity contribution in [1.82, 2.24) is 9.80 Å². The Morgan fingerprint density at radius 1 is 1.18 bits per heavy atom. The first-order valence-corrected chi connectivity index (χ1v) is 15.0. The van der Waals surface area contributed by atoms with Crippen molar-refractivity contribution in [2.24, 2.45) is 11.8 Å². The molecule has 0 aromatic heterocycles. The van der Waals surface area contributed by atoms with Gasteiger partial charge in [-0.3, -0.25) is 4.90 Å². The molecule has 0 aromatic carbocycles. The highest BCUT2D eigenvalue weighted by Gasteiger charge is 2.72. The second-order valence-corrected chi connectivity index (χ2v) is 12.9. The van der Waals surface area contributed by atoms with Gasteiger partial charge in [-0.2, -0.15) is 0 Å². The number of epoxide rings is 2. The molecule has 1 amide bonds. The van der Waals surface area contributed by atoms with Crippen LogP contribution in [0.2, 0.25) is 0 Å². The third kappa shape index (κ3) is 5.67. The van der Waals surface area contributed by atoms with Gasteiger partial charge in [0.25, 0.3) is 0 Å². The first kappa shape index (κ1) is 28.3. The molecule has 2 unspecified atom stereocenters. The topological polar surface area (TPSA) is 76.3 Å². The zero-order chi connectivity index (χ0) is 27.1. The highest BCUT2D eigenvalue weighted by atomic mass is 16.6. The van der Waals surface area contributed by atoms with Gasteiger partial charge in [0.05, 0.1) is 31.8 Å². The van der Waals surface area contributed by atoms with Crippen LogP contribution in [0.4, 0.5) is 4.79 Å². The Balaban J connectivity index is 1.12. The van der Waals surface area contributed by atoms with Crippen molar-refractivity contribution >= 4 is 6.09 Å². The molecule has 4 aliphatic heterocycles. The third-order valence-electron chi connectivity index (χ3n) is 9.83. The average molecular weight is 535 g/mol. The fraction of sp³-hybridized carbons (Fsp3) is 0.900. The van der Waals surface area contributed by atoms with Crippen LogP contribution in [0, 0.1) is 11.8 Å². The summed E-state index contributed by atoms with van der Waals surface area (Å²) in [6.45, 7) is 16.0. The highest BCUT2D eigenvalue weighted by Crippen LogP contribution is 2.59. The van der Waals surface area contributed by atoms with Gasteiger partial charge in [-0.25, -0.2) is 4.79 Å². The van der Waals surface area contributed by atoms with E-state index in [1.165, 1.54) is 18.4 Å². The number of allylic oxidation sites excluding steroid dienone is 1. The predicted molar refractivity (Wildman–Crippen MR) is 145 cm³/mol. The number of rotatable bonds is 10. The SMILES string of the molecule is CCCC1COCC(C)N1CCC1CN(C(=O)O[C@@H]2CC[C@]3(CO3)[C@@H]([C@@]3(C)O[C@@H]3CC=C(C)C)[C@@H]2OC)C1. The van der Waals surface area contributed by atoms with E-state index in [9.17, 15) is 4.79 Å². The molecule has 5 fully saturated rings. The maximum Gasteiger partial charge on any atom is 0.410 e. The fourth-order valence-corrected chi connectivity index (χ4v) is 7.42. The number of amides is 1. The van der Waals surface area contributed by atoms with E-state index in [2.05, 4.69) is 45.6 Å². The first-order valence-electron chi connectivity index (χ1n) is 15.0. The van der Waals surface area contributed by atoms with Crippen molar-refractivity contribution in [2.45, 2.75) is 115 Å². The number of carbonyl (C=O) groups is 1. The van der Waals surface area contributed by atoms with E-state index < -0.39 is 0 Å². The van der Waals surface area contributed by atoms with Crippen LogP contribution in [0.5, 0.6) is 0 Å². The Bertz CT molecular complexity index is 865. The lowest BCUT2D eigenvalue weighted by Gasteiger charge is -2.45. The molecular formula is C30H50N2O6. The van der Waals surface area contributed by atoms with Gasteiger partial charge in [0.2, 0.25) is 0 Å². The predicted octanol–water partition coefficient (Wildman–Crippen LogP) is 4.41. The van der Waals surface area contributed by atoms with Crippen LogP contribution in [-0.4, -0.2) is 104 Å². The summed E-state index contributed by atoms with van der Waals surface area (Å²) in [5.41, 5.74) is 0.779. The molecule has 4 heterocycles. The molecule has 8 nitrogen and oxygen atoms in total. The molecule has 1 saturated carbocycles. The quantitative estimate of drug-likeness (QED) is 0.304. The zero-order valence-electron chi connectivity index (χ0n) is 24.4. The summed E-state index contributed by atoms with van der Waals surface area (Å²) in [6.07, 6.45) is 7.69. The van der Waals surface area contributed by atoms with Gasteiger partial charge in [0.15, 0.2) is 0 Å². The summed E-state index contributed by atoms with van der Waals surface area (Å²) >= 11 is 0. The van der Waals surface area contributed by atoms with Crippen molar-refractivity contribution in [3.05, 3.63) is 11.6 Å². The molecule has 0 bridgehead atoms. The van der Waals surface area contributed by atoms with Gasteiger partial charge >= 0.3 is 6.09 Å². The first-order chi connectivity index (χ1) is 18.2. The van der Waals surface area contributed by atoms with Gasteiger partial charge in [0, 0.05) is 32.3 Å². The van der Waals surface area contributed by atoms with Crippen LogP contribution >= 0.6 is 0 Å². The van der Waals surface area contributed by atoms with Crippen LogP contribution in [0.3, 0.4) is 0 Å². The maximum absolute atomic E-state index is 13.1. The Labute approximate surface area is 229 Å². The van der Waals surface area contributed by atoms with Gasteiger partial charge in [-0.15, -0.1) is 0 Å². The molecule has 5 aliphatic rings. The summed E-state index contributed by atoms with van der Waals surface area (Å²) in [6, 6.07) is 0.983.